The van der Waals surface area contributed by atoms with Crippen LogP contribution >= 0.6 is 0 Å². The molecule has 0 radical (unpaired) electrons. The first-order chi connectivity index (χ1) is 8.09. The number of rotatable bonds is 0. The van der Waals surface area contributed by atoms with E-state index in [1.165, 1.54) is 0 Å². The van der Waals surface area contributed by atoms with Gasteiger partial charge < -0.3 is 5.73 Å². The maximum atomic E-state index is 12.4. The lowest BCUT2D eigenvalue weighted by atomic mass is 10.2. The molecule has 2 aromatic rings. The summed E-state index contributed by atoms with van der Waals surface area (Å²) in [7, 11) is 0. The number of nitrogens with zero attached hydrogens (tertiary/aromatic N) is 3. The van der Waals surface area contributed by atoms with E-state index >= 15 is 0 Å². The van der Waals surface area contributed by atoms with Crippen LogP contribution < -0.4 is 5.73 Å². The Hall–Kier alpha value is -2.00. The second-order valence-electron chi connectivity index (χ2n) is 3.38. The van der Waals surface area contributed by atoms with Crippen LogP contribution in [0.25, 0.3) is 5.65 Å². The maximum Gasteiger partial charge on any atom is 0.453 e. The minimum Gasteiger partial charge on any atom is -0.396 e. The van der Waals surface area contributed by atoms with Gasteiger partial charge in [0, 0.05) is 6.20 Å². The van der Waals surface area contributed by atoms with Gasteiger partial charge in [-0.2, -0.15) is 26.3 Å². The van der Waals surface area contributed by atoms with Crippen molar-refractivity contribution in [3.8, 4) is 0 Å². The first-order valence-corrected chi connectivity index (χ1v) is 4.39. The molecule has 0 saturated carbocycles. The molecule has 2 heterocycles. The molecule has 10 heteroatoms. The number of pyridine rings is 1. The van der Waals surface area contributed by atoms with Crippen LogP contribution in [0.3, 0.4) is 0 Å². The summed E-state index contributed by atoms with van der Waals surface area (Å²) in [6.45, 7) is 0. The minimum absolute atomic E-state index is 0.362. The van der Waals surface area contributed by atoms with Gasteiger partial charge in [0.15, 0.2) is 5.65 Å². The fourth-order valence-corrected chi connectivity index (χ4v) is 1.29. The molecule has 0 bridgehead atoms. The number of hydrogen-bond donors (Lipinski definition) is 1. The average Bonchev–Trinajstić information content (AvgIpc) is 2.59. The standard InChI is InChI=1S/C8H4F6N4/c9-7(10,11)3-1-4(15)5-16-6(8(12,13)14)17-18(5)2-3/h1-2H,15H2. The Labute approximate surface area is 95.0 Å². The summed E-state index contributed by atoms with van der Waals surface area (Å²) in [5, 5.41) is 2.92. The normalized spacial score (nSPS) is 13.2. The monoisotopic (exact) mass is 270 g/mol. The quantitative estimate of drug-likeness (QED) is 0.747. The summed E-state index contributed by atoms with van der Waals surface area (Å²) < 4.78 is 74.4. The van der Waals surface area contributed by atoms with Gasteiger partial charge in [-0.3, -0.25) is 0 Å². The Kier molecular flexibility index (Phi) is 2.42. The summed E-state index contributed by atoms with van der Waals surface area (Å²) in [5.74, 6) is -1.55. The number of fused-ring (bicyclic) bond motifs is 1. The van der Waals surface area contributed by atoms with Crippen LogP contribution in [0.15, 0.2) is 12.3 Å². The van der Waals surface area contributed by atoms with E-state index in [1.807, 2.05) is 0 Å². The Morgan fingerprint density at radius 1 is 1.06 bits per heavy atom. The number of nitrogen functional groups attached to an aromatic ring is 1. The second-order valence-corrected chi connectivity index (χ2v) is 3.38. The fourth-order valence-electron chi connectivity index (χ4n) is 1.29. The molecule has 0 amide bonds. The minimum atomic E-state index is -4.85. The molecule has 4 nitrogen and oxygen atoms in total. The predicted octanol–water partition coefficient (Wildman–Crippen LogP) is 2.35. The SMILES string of the molecule is Nc1cc(C(F)(F)F)cn2nc(C(F)(F)F)nc12. The molecule has 98 valence electrons. The second kappa shape index (κ2) is 3.50. The fraction of sp³-hybridized carbons (Fsp3) is 0.250. The third-order valence-electron chi connectivity index (χ3n) is 2.04. The van der Waals surface area contributed by atoms with Gasteiger partial charge in [-0.15, -0.1) is 5.10 Å². The van der Waals surface area contributed by atoms with Gasteiger partial charge in [0.05, 0.1) is 11.3 Å². The van der Waals surface area contributed by atoms with E-state index in [4.69, 9.17) is 5.73 Å². The zero-order valence-electron chi connectivity index (χ0n) is 8.34. The van der Waals surface area contributed by atoms with Gasteiger partial charge in [0.2, 0.25) is 0 Å². The number of nitrogens with two attached hydrogens (primary N) is 1. The Balaban J connectivity index is 2.67. The molecule has 2 rings (SSSR count). The lowest BCUT2D eigenvalue weighted by molar-refractivity contribution is -0.144. The van der Waals surface area contributed by atoms with Crippen LogP contribution in [-0.4, -0.2) is 14.6 Å². The molecule has 18 heavy (non-hydrogen) atoms. The Morgan fingerprint density at radius 2 is 1.67 bits per heavy atom. The van der Waals surface area contributed by atoms with Crippen molar-refractivity contribution in [2.24, 2.45) is 0 Å². The van der Waals surface area contributed by atoms with Crippen LogP contribution in [0.2, 0.25) is 0 Å². The van der Waals surface area contributed by atoms with Crippen molar-refractivity contribution < 1.29 is 26.3 Å². The van der Waals surface area contributed by atoms with E-state index in [9.17, 15) is 26.3 Å². The van der Waals surface area contributed by atoms with Crippen LogP contribution in [0.1, 0.15) is 11.4 Å². The van der Waals surface area contributed by atoms with Crippen molar-refractivity contribution >= 4 is 11.3 Å². The molecule has 0 aliphatic carbocycles. The molecule has 0 aliphatic rings. The van der Waals surface area contributed by atoms with Crippen LogP contribution in [0, 0.1) is 0 Å². The van der Waals surface area contributed by atoms with Crippen molar-refractivity contribution in [3.63, 3.8) is 0 Å². The number of hydrogen-bond acceptors (Lipinski definition) is 3. The highest BCUT2D eigenvalue weighted by atomic mass is 19.4. The summed E-state index contributed by atoms with van der Waals surface area (Å²) in [6, 6.07) is 0.504. The van der Waals surface area contributed by atoms with Gasteiger partial charge >= 0.3 is 12.4 Å². The number of aromatic nitrogens is 3. The van der Waals surface area contributed by atoms with E-state index in [0.29, 0.717) is 16.8 Å². The van der Waals surface area contributed by atoms with Gasteiger partial charge in [-0.05, 0) is 6.07 Å². The van der Waals surface area contributed by atoms with Crippen molar-refractivity contribution in [2.45, 2.75) is 12.4 Å². The highest BCUT2D eigenvalue weighted by Gasteiger charge is 2.37. The maximum absolute atomic E-state index is 12.4. The molecular formula is C8H4F6N4. The largest absolute Gasteiger partial charge is 0.453 e. The van der Waals surface area contributed by atoms with Crippen LogP contribution in [0.4, 0.5) is 32.0 Å². The average molecular weight is 270 g/mol. The van der Waals surface area contributed by atoms with Crippen LogP contribution in [0.5, 0.6) is 0 Å². The number of halogens is 6. The highest BCUT2D eigenvalue weighted by molar-refractivity contribution is 5.65. The van der Waals surface area contributed by atoms with E-state index < -0.39 is 35.1 Å². The zero-order valence-corrected chi connectivity index (χ0v) is 8.34. The number of anilines is 1. The summed E-state index contributed by atoms with van der Waals surface area (Å²) >= 11 is 0. The molecule has 2 N–H and O–H groups in total. The molecule has 0 atom stereocenters. The van der Waals surface area contributed by atoms with E-state index in [2.05, 4.69) is 10.1 Å². The van der Waals surface area contributed by atoms with Crippen LogP contribution in [-0.2, 0) is 12.4 Å². The molecule has 0 unspecified atom stereocenters. The predicted molar refractivity (Wildman–Crippen MR) is 47.4 cm³/mol. The smallest absolute Gasteiger partial charge is 0.396 e. The molecule has 0 spiro atoms. The molecule has 0 fully saturated rings. The first-order valence-electron chi connectivity index (χ1n) is 4.39. The molecule has 2 aromatic heterocycles. The lowest BCUT2D eigenvalue weighted by Crippen LogP contribution is -2.09. The van der Waals surface area contributed by atoms with Gasteiger partial charge in [0.1, 0.15) is 0 Å². The number of alkyl halides is 6. The summed E-state index contributed by atoms with van der Waals surface area (Å²) in [4.78, 5) is 3.04. The van der Waals surface area contributed by atoms with E-state index in [-0.39, 0.29) is 0 Å². The van der Waals surface area contributed by atoms with Gasteiger partial charge in [-0.25, -0.2) is 9.50 Å². The lowest BCUT2D eigenvalue weighted by Gasteiger charge is -2.07. The first kappa shape index (κ1) is 12.5. The third kappa shape index (κ3) is 2.05. The molecule has 0 aliphatic heterocycles. The van der Waals surface area contributed by atoms with Gasteiger partial charge in [0.25, 0.3) is 5.82 Å². The topological polar surface area (TPSA) is 56.2 Å². The highest BCUT2D eigenvalue weighted by Crippen LogP contribution is 2.32. The molecular weight excluding hydrogens is 266 g/mol. The zero-order chi connectivity index (χ0) is 13.7. The molecule has 0 aromatic carbocycles. The van der Waals surface area contributed by atoms with E-state index in [1.54, 1.807) is 0 Å². The van der Waals surface area contributed by atoms with Crippen molar-refractivity contribution in [3.05, 3.63) is 23.7 Å². The summed E-state index contributed by atoms with van der Waals surface area (Å²) in [6.07, 6.45) is -9.18. The Bertz CT molecular complexity index is 596. The molecule has 0 saturated heterocycles. The Morgan fingerprint density at radius 3 is 2.17 bits per heavy atom. The van der Waals surface area contributed by atoms with Crippen molar-refractivity contribution in [1.82, 2.24) is 14.6 Å². The third-order valence-corrected chi connectivity index (χ3v) is 2.04. The van der Waals surface area contributed by atoms with Crippen molar-refractivity contribution in [2.75, 3.05) is 5.73 Å². The summed E-state index contributed by atoms with van der Waals surface area (Å²) in [5.41, 5.74) is 3.01. The van der Waals surface area contributed by atoms with E-state index in [0.717, 1.165) is 0 Å². The van der Waals surface area contributed by atoms with Gasteiger partial charge in [-0.1, -0.05) is 0 Å². The van der Waals surface area contributed by atoms with Crippen molar-refractivity contribution in [1.29, 1.82) is 0 Å².